The lowest BCUT2D eigenvalue weighted by atomic mass is 10.2. The van der Waals surface area contributed by atoms with Gasteiger partial charge in [0.2, 0.25) is 11.8 Å². The van der Waals surface area contributed by atoms with E-state index in [1.54, 1.807) is 7.05 Å². The van der Waals surface area contributed by atoms with Crippen LogP contribution in [0.4, 0.5) is 5.69 Å². The molecule has 1 unspecified atom stereocenters. The zero-order chi connectivity index (χ0) is 22.9. The molecule has 9 heteroatoms. The third kappa shape index (κ3) is 7.84. The van der Waals surface area contributed by atoms with Gasteiger partial charge in [-0.2, -0.15) is 0 Å². The molecule has 3 rings (SSSR count). The summed E-state index contributed by atoms with van der Waals surface area (Å²) in [4.78, 5) is 35.6. The first-order chi connectivity index (χ1) is 15.5. The van der Waals surface area contributed by atoms with E-state index in [9.17, 15) is 9.59 Å². The minimum absolute atomic E-state index is 0. The number of hydrogen-bond acceptors (Lipinski definition) is 4. The van der Waals surface area contributed by atoms with Crippen LogP contribution in [0.15, 0.2) is 29.3 Å². The molecule has 2 amide bonds. The molecule has 2 aliphatic rings. The highest BCUT2D eigenvalue weighted by atomic mass is 127. The first-order valence-electron chi connectivity index (χ1n) is 11.9. The largest absolute Gasteiger partial charge is 0.352 e. The van der Waals surface area contributed by atoms with Crippen LogP contribution in [0.25, 0.3) is 0 Å². The Morgan fingerprint density at radius 3 is 2.39 bits per heavy atom. The number of nitrogens with zero attached hydrogens (tertiary/aromatic N) is 4. The Morgan fingerprint density at radius 1 is 1.06 bits per heavy atom. The number of benzene rings is 1. The predicted octanol–water partition coefficient (Wildman–Crippen LogP) is 2.75. The van der Waals surface area contributed by atoms with E-state index in [0.717, 1.165) is 75.7 Å². The molecule has 184 valence electrons. The fourth-order valence-electron chi connectivity index (χ4n) is 4.40. The van der Waals surface area contributed by atoms with Crippen molar-refractivity contribution < 1.29 is 9.59 Å². The molecule has 0 spiro atoms. The van der Waals surface area contributed by atoms with E-state index < -0.39 is 0 Å². The van der Waals surface area contributed by atoms with Gasteiger partial charge >= 0.3 is 0 Å². The van der Waals surface area contributed by atoms with Crippen molar-refractivity contribution in [1.29, 1.82) is 0 Å². The molecule has 2 N–H and O–H groups in total. The second-order valence-corrected chi connectivity index (χ2v) is 8.63. The Kier molecular flexibility index (Phi) is 11.4. The van der Waals surface area contributed by atoms with Crippen LogP contribution in [-0.4, -0.2) is 84.8 Å². The summed E-state index contributed by atoms with van der Waals surface area (Å²) in [7, 11) is 1.80. The lowest BCUT2D eigenvalue weighted by Gasteiger charge is -2.39. The Bertz CT molecular complexity index is 804. The van der Waals surface area contributed by atoms with Gasteiger partial charge in [0.05, 0.1) is 6.04 Å². The molecule has 0 aromatic heterocycles. The molecule has 1 aromatic carbocycles. The van der Waals surface area contributed by atoms with E-state index in [1.807, 2.05) is 43.0 Å². The highest BCUT2D eigenvalue weighted by molar-refractivity contribution is 14.0. The van der Waals surface area contributed by atoms with Crippen molar-refractivity contribution >= 4 is 47.4 Å². The van der Waals surface area contributed by atoms with Gasteiger partial charge in [0.1, 0.15) is 0 Å². The SMILES string of the molecule is CCCC(=O)Nc1cccc(CNC(=NC)N2CCN(C(C)C(=O)N3CCCC3)CC2)c1.I. The number of aliphatic imine (C=N–C) groups is 1. The van der Waals surface area contributed by atoms with Crippen LogP contribution in [-0.2, 0) is 16.1 Å². The minimum Gasteiger partial charge on any atom is -0.352 e. The maximum Gasteiger partial charge on any atom is 0.239 e. The number of anilines is 1. The van der Waals surface area contributed by atoms with Crippen molar-refractivity contribution in [1.82, 2.24) is 20.0 Å². The molecule has 0 bridgehead atoms. The number of halogens is 1. The van der Waals surface area contributed by atoms with Gasteiger partial charge in [0.25, 0.3) is 0 Å². The van der Waals surface area contributed by atoms with Crippen LogP contribution in [0, 0.1) is 0 Å². The second kappa shape index (κ2) is 13.7. The van der Waals surface area contributed by atoms with Gasteiger partial charge < -0.3 is 20.4 Å². The average Bonchev–Trinajstić information content (AvgIpc) is 3.34. The third-order valence-electron chi connectivity index (χ3n) is 6.29. The topological polar surface area (TPSA) is 80.3 Å². The van der Waals surface area contributed by atoms with Crippen LogP contribution >= 0.6 is 24.0 Å². The molecule has 0 radical (unpaired) electrons. The van der Waals surface area contributed by atoms with Crippen LogP contribution in [0.2, 0.25) is 0 Å². The molecule has 8 nitrogen and oxygen atoms in total. The summed E-state index contributed by atoms with van der Waals surface area (Å²) >= 11 is 0. The van der Waals surface area contributed by atoms with Crippen LogP contribution in [0.1, 0.15) is 45.1 Å². The molecule has 2 fully saturated rings. The summed E-state index contributed by atoms with van der Waals surface area (Å²) < 4.78 is 0. The minimum atomic E-state index is -0.0594. The van der Waals surface area contributed by atoms with E-state index in [0.29, 0.717) is 13.0 Å². The molecule has 2 aliphatic heterocycles. The Morgan fingerprint density at radius 2 is 1.76 bits per heavy atom. The number of guanidine groups is 1. The summed E-state index contributed by atoms with van der Waals surface area (Å²) in [6.07, 6.45) is 3.62. The number of piperazine rings is 1. The highest BCUT2D eigenvalue weighted by Gasteiger charge is 2.30. The quantitative estimate of drug-likeness (QED) is 0.300. The summed E-state index contributed by atoms with van der Waals surface area (Å²) in [5.41, 5.74) is 1.91. The van der Waals surface area contributed by atoms with Crippen molar-refractivity contribution in [2.75, 3.05) is 51.6 Å². The average molecular weight is 571 g/mol. The normalized spacial score (nSPS) is 18.0. The van der Waals surface area contributed by atoms with Gasteiger partial charge in [0.15, 0.2) is 5.96 Å². The maximum absolute atomic E-state index is 12.7. The second-order valence-electron chi connectivity index (χ2n) is 8.63. The maximum atomic E-state index is 12.7. The Hall–Kier alpha value is -1.88. The first-order valence-corrected chi connectivity index (χ1v) is 11.9. The Balaban J connectivity index is 0.00000385. The van der Waals surface area contributed by atoms with Gasteiger partial charge in [-0.15, -0.1) is 24.0 Å². The van der Waals surface area contributed by atoms with Crippen LogP contribution in [0.5, 0.6) is 0 Å². The predicted molar refractivity (Wildman–Crippen MR) is 144 cm³/mol. The monoisotopic (exact) mass is 570 g/mol. The third-order valence-corrected chi connectivity index (χ3v) is 6.29. The van der Waals surface area contributed by atoms with Crippen molar-refractivity contribution in [3.8, 4) is 0 Å². The van der Waals surface area contributed by atoms with Gasteiger partial charge in [-0.05, 0) is 43.9 Å². The first kappa shape index (κ1) is 27.4. The zero-order valence-corrected chi connectivity index (χ0v) is 22.5. The van der Waals surface area contributed by atoms with Crippen LogP contribution < -0.4 is 10.6 Å². The molecule has 2 saturated heterocycles. The molecule has 1 aromatic rings. The smallest absolute Gasteiger partial charge is 0.239 e. The fourth-order valence-corrected chi connectivity index (χ4v) is 4.40. The molecule has 2 heterocycles. The number of hydrogen-bond donors (Lipinski definition) is 2. The standard InChI is InChI=1S/C24H38N6O2.HI/c1-4-8-22(31)27-21-10-7-9-20(17-21)18-26-24(25-3)30-15-13-28(14-16-30)19(2)23(32)29-11-5-6-12-29;/h7,9-10,17,19H,4-6,8,11-16,18H2,1-3H3,(H,25,26)(H,27,31);1H. The highest BCUT2D eigenvalue weighted by Crippen LogP contribution is 2.15. The number of carbonyl (C=O) groups excluding carboxylic acids is 2. The molecule has 1 atom stereocenters. The van der Waals surface area contributed by atoms with E-state index >= 15 is 0 Å². The fraction of sp³-hybridized carbons (Fsp3) is 0.625. The zero-order valence-electron chi connectivity index (χ0n) is 20.2. The van der Waals surface area contributed by atoms with Gasteiger partial charge in [-0.25, -0.2) is 0 Å². The summed E-state index contributed by atoms with van der Waals surface area (Å²) in [5.74, 6) is 1.18. The molecule has 33 heavy (non-hydrogen) atoms. The van der Waals surface area contributed by atoms with Crippen molar-refractivity contribution in [3.05, 3.63) is 29.8 Å². The summed E-state index contributed by atoms with van der Waals surface area (Å²) in [6, 6.07) is 7.85. The molecule has 0 aliphatic carbocycles. The molecule has 0 saturated carbocycles. The number of amides is 2. The Labute approximate surface area is 215 Å². The number of nitrogens with one attached hydrogen (secondary N) is 2. The van der Waals surface area contributed by atoms with Gasteiger partial charge in [-0.1, -0.05) is 19.1 Å². The van der Waals surface area contributed by atoms with Crippen molar-refractivity contribution in [2.45, 2.75) is 52.1 Å². The van der Waals surface area contributed by atoms with E-state index in [-0.39, 0.29) is 41.8 Å². The van der Waals surface area contributed by atoms with E-state index in [1.165, 1.54) is 0 Å². The van der Waals surface area contributed by atoms with E-state index in [4.69, 9.17) is 0 Å². The lowest BCUT2D eigenvalue weighted by molar-refractivity contribution is -0.135. The summed E-state index contributed by atoms with van der Waals surface area (Å²) in [6.45, 7) is 9.85. The molecular formula is C24H39IN6O2. The van der Waals surface area contributed by atoms with Crippen molar-refractivity contribution in [3.63, 3.8) is 0 Å². The number of likely N-dealkylation sites (tertiary alicyclic amines) is 1. The van der Waals surface area contributed by atoms with Gasteiger partial charge in [0, 0.05) is 65.0 Å². The lowest BCUT2D eigenvalue weighted by Crippen LogP contribution is -2.57. The van der Waals surface area contributed by atoms with Crippen molar-refractivity contribution in [2.24, 2.45) is 4.99 Å². The van der Waals surface area contributed by atoms with Gasteiger partial charge in [-0.3, -0.25) is 19.5 Å². The summed E-state index contributed by atoms with van der Waals surface area (Å²) in [5, 5.41) is 6.39. The molecular weight excluding hydrogens is 531 g/mol. The number of carbonyl (C=O) groups is 2. The van der Waals surface area contributed by atoms with E-state index in [2.05, 4.69) is 25.4 Å². The van der Waals surface area contributed by atoms with Crippen LogP contribution in [0.3, 0.4) is 0 Å². The number of rotatable bonds is 7.